The Kier molecular flexibility index (Phi) is 4.79. The highest BCUT2D eigenvalue weighted by atomic mass is 79.9. The molecule has 0 saturated carbocycles. The number of nitrogens with zero attached hydrogens (tertiary/aromatic N) is 5. The van der Waals surface area contributed by atoms with Crippen LogP contribution in [0.15, 0.2) is 65.4 Å². The third-order valence-electron chi connectivity index (χ3n) is 4.25. The Balaban J connectivity index is 1.65. The number of aryl methyl sites for hydroxylation is 1. The molecule has 0 fully saturated rings. The van der Waals surface area contributed by atoms with Crippen molar-refractivity contribution in [1.82, 2.24) is 24.5 Å². The van der Waals surface area contributed by atoms with E-state index in [0.29, 0.717) is 22.9 Å². The summed E-state index contributed by atoms with van der Waals surface area (Å²) >= 11 is 3.47. The molecular formula is C20H17BrN6O. The molecule has 0 atom stereocenters. The van der Waals surface area contributed by atoms with Gasteiger partial charge in [-0.2, -0.15) is 10.2 Å². The van der Waals surface area contributed by atoms with E-state index < -0.39 is 0 Å². The van der Waals surface area contributed by atoms with Gasteiger partial charge in [0.25, 0.3) is 5.91 Å². The summed E-state index contributed by atoms with van der Waals surface area (Å²) in [6.07, 6.45) is 3.24. The lowest BCUT2D eigenvalue weighted by Crippen LogP contribution is -2.16. The van der Waals surface area contributed by atoms with Crippen LogP contribution in [-0.2, 0) is 0 Å². The van der Waals surface area contributed by atoms with Gasteiger partial charge in [0.1, 0.15) is 5.82 Å². The van der Waals surface area contributed by atoms with E-state index in [2.05, 4.69) is 36.4 Å². The smallest absolute Gasteiger partial charge is 0.260 e. The van der Waals surface area contributed by atoms with Crippen molar-refractivity contribution in [2.24, 2.45) is 0 Å². The summed E-state index contributed by atoms with van der Waals surface area (Å²) in [6, 6.07) is 15.1. The van der Waals surface area contributed by atoms with Crippen LogP contribution in [0.2, 0.25) is 0 Å². The predicted octanol–water partition coefficient (Wildman–Crippen LogP) is 4.08. The number of anilines is 1. The molecule has 0 unspecified atom stereocenters. The van der Waals surface area contributed by atoms with E-state index in [1.807, 2.05) is 62.4 Å². The van der Waals surface area contributed by atoms with Crippen molar-refractivity contribution < 1.29 is 4.79 Å². The molecule has 8 heteroatoms. The molecule has 0 bridgehead atoms. The molecule has 3 heterocycles. The van der Waals surface area contributed by atoms with Crippen LogP contribution in [0.4, 0.5) is 5.82 Å². The number of carbonyl (C=O) groups excluding carboxylic acids is 1. The third kappa shape index (κ3) is 3.46. The van der Waals surface area contributed by atoms with E-state index >= 15 is 0 Å². The summed E-state index contributed by atoms with van der Waals surface area (Å²) in [5.74, 6) is 0.996. The number of carbonyl (C=O) groups is 1. The molecule has 1 N–H and O–H groups in total. The van der Waals surface area contributed by atoms with Crippen LogP contribution in [0, 0.1) is 13.8 Å². The lowest BCUT2D eigenvalue weighted by Gasteiger charge is -2.09. The lowest BCUT2D eigenvalue weighted by molar-refractivity contribution is 0.102. The average Bonchev–Trinajstić information content (AvgIpc) is 3.25. The molecule has 0 saturated heterocycles. The zero-order valence-corrected chi connectivity index (χ0v) is 16.9. The average molecular weight is 437 g/mol. The molecule has 0 radical (unpaired) electrons. The molecule has 1 amide bonds. The van der Waals surface area contributed by atoms with E-state index in [-0.39, 0.29) is 5.91 Å². The fourth-order valence-corrected chi connectivity index (χ4v) is 3.31. The highest BCUT2D eigenvalue weighted by Gasteiger charge is 2.18. The minimum absolute atomic E-state index is 0.254. The van der Waals surface area contributed by atoms with Gasteiger partial charge in [0, 0.05) is 16.7 Å². The van der Waals surface area contributed by atoms with Crippen LogP contribution >= 0.6 is 15.9 Å². The van der Waals surface area contributed by atoms with Crippen molar-refractivity contribution in [2.75, 3.05) is 5.32 Å². The second-order valence-electron chi connectivity index (χ2n) is 6.26. The fraction of sp³-hybridized carbons (Fsp3) is 0.100. The van der Waals surface area contributed by atoms with E-state index in [0.717, 1.165) is 15.9 Å². The quantitative estimate of drug-likeness (QED) is 0.522. The highest BCUT2D eigenvalue weighted by molar-refractivity contribution is 9.10. The van der Waals surface area contributed by atoms with E-state index in [1.165, 1.54) is 0 Å². The van der Waals surface area contributed by atoms with Crippen molar-refractivity contribution in [3.05, 3.63) is 82.3 Å². The standard InChI is InChI=1S/C20H17BrN6O/c1-13-10-19(27(25-13)16-7-5-6-15(21)11-16)24-20(28)17-12-23-26(14(17)2)18-8-3-4-9-22-18/h3-12H,1-2H3,(H,24,28). The number of benzene rings is 1. The predicted molar refractivity (Wildman–Crippen MR) is 110 cm³/mol. The fourth-order valence-electron chi connectivity index (χ4n) is 2.92. The summed E-state index contributed by atoms with van der Waals surface area (Å²) in [4.78, 5) is 17.2. The minimum Gasteiger partial charge on any atom is -0.306 e. The molecule has 0 aliphatic rings. The van der Waals surface area contributed by atoms with Gasteiger partial charge in [-0.25, -0.2) is 14.3 Å². The molecule has 0 aliphatic heterocycles. The Bertz CT molecular complexity index is 1150. The lowest BCUT2D eigenvalue weighted by atomic mass is 10.2. The number of halogens is 1. The monoisotopic (exact) mass is 436 g/mol. The van der Waals surface area contributed by atoms with Crippen LogP contribution in [0.25, 0.3) is 11.5 Å². The normalized spacial score (nSPS) is 10.8. The summed E-state index contributed by atoms with van der Waals surface area (Å²) < 4.78 is 4.28. The Morgan fingerprint density at radius 3 is 2.68 bits per heavy atom. The first-order valence-corrected chi connectivity index (χ1v) is 9.42. The van der Waals surface area contributed by atoms with E-state index in [1.54, 1.807) is 21.8 Å². The van der Waals surface area contributed by atoms with Gasteiger partial charge >= 0.3 is 0 Å². The van der Waals surface area contributed by atoms with Crippen molar-refractivity contribution >= 4 is 27.7 Å². The molecule has 3 aromatic heterocycles. The summed E-state index contributed by atoms with van der Waals surface area (Å²) in [6.45, 7) is 3.72. The molecule has 7 nitrogen and oxygen atoms in total. The number of nitrogens with one attached hydrogen (secondary N) is 1. The molecule has 1 aromatic carbocycles. The topological polar surface area (TPSA) is 77.6 Å². The molecule has 4 rings (SSSR count). The zero-order valence-electron chi connectivity index (χ0n) is 15.3. The van der Waals surface area contributed by atoms with Crippen molar-refractivity contribution in [2.45, 2.75) is 13.8 Å². The summed E-state index contributed by atoms with van der Waals surface area (Å²) in [7, 11) is 0. The maximum atomic E-state index is 12.9. The molecular weight excluding hydrogens is 420 g/mol. The van der Waals surface area contributed by atoms with E-state index in [9.17, 15) is 4.79 Å². The molecule has 140 valence electrons. The van der Waals surface area contributed by atoms with Gasteiger partial charge in [0.2, 0.25) is 0 Å². The van der Waals surface area contributed by atoms with Gasteiger partial charge in [-0.1, -0.05) is 28.1 Å². The summed E-state index contributed by atoms with van der Waals surface area (Å²) in [5.41, 5.74) is 2.83. The molecule has 28 heavy (non-hydrogen) atoms. The maximum absolute atomic E-state index is 12.9. The van der Waals surface area contributed by atoms with Crippen LogP contribution in [0.3, 0.4) is 0 Å². The van der Waals surface area contributed by atoms with Gasteiger partial charge in [0.05, 0.1) is 28.8 Å². The highest BCUT2D eigenvalue weighted by Crippen LogP contribution is 2.21. The Morgan fingerprint density at radius 2 is 1.93 bits per heavy atom. The van der Waals surface area contributed by atoms with Crippen LogP contribution in [0.1, 0.15) is 21.7 Å². The van der Waals surface area contributed by atoms with Crippen molar-refractivity contribution in [3.63, 3.8) is 0 Å². The van der Waals surface area contributed by atoms with Gasteiger partial charge in [-0.05, 0) is 44.2 Å². The van der Waals surface area contributed by atoms with Crippen molar-refractivity contribution in [3.8, 4) is 11.5 Å². The Hall–Kier alpha value is -3.26. The minimum atomic E-state index is -0.254. The number of amides is 1. The SMILES string of the molecule is Cc1cc(NC(=O)c2cnn(-c3ccccn3)c2C)n(-c2cccc(Br)c2)n1. The van der Waals surface area contributed by atoms with E-state index in [4.69, 9.17) is 0 Å². The second-order valence-corrected chi connectivity index (χ2v) is 7.18. The number of hydrogen-bond donors (Lipinski definition) is 1. The Morgan fingerprint density at radius 1 is 1.07 bits per heavy atom. The molecule has 0 spiro atoms. The largest absolute Gasteiger partial charge is 0.306 e. The van der Waals surface area contributed by atoms with Crippen LogP contribution < -0.4 is 5.32 Å². The van der Waals surface area contributed by atoms with Gasteiger partial charge in [0.15, 0.2) is 5.82 Å². The molecule has 0 aliphatic carbocycles. The number of hydrogen-bond acceptors (Lipinski definition) is 4. The maximum Gasteiger partial charge on any atom is 0.260 e. The van der Waals surface area contributed by atoms with Crippen LogP contribution in [0.5, 0.6) is 0 Å². The third-order valence-corrected chi connectivity index (χ3v) is 4.74. The first-order valence-electron chi connectivity index (χ1n) is 8.63. The van der Waals surface area contributed by atoms with Crippen LogP contribution in [-0.4, -0.2) is 30.5 Å². The number of aromatic nitrogens is 5. The van der Waals surface area contributed by atoms with Gasteiger partial charge in [-0.3, -0.25) is 4.79 Å². The Labute approximate surface area is 170 Å². The first kappa shape index (κ1) is 18.1. The van der Waals surface area contributed by atoms with Crippen molar-refractivity contribution in [1.29, 1.82) is 0 Å². The molecule has 4 aromatic rings. The van der Waals surface area contributed by atoms with Gasteiger partial charge < -0.3 is 5.32 Å². The second kappa shape index (κ2) is 7.40. The summed E-state index contributed by atoms with van der Waals surface area (Å²) in [5, 5.41) is 11.7. The number of pyridine rings is 1. The number of rotatable bonds is 4. The zero-order chi connectivity index (χ0) is 19.7. The first-order chi connectivity index (χ1) is 13.5. The van der Waals surface area contributed by atoms with Gasteiger partial charge in [-0.15, -0.1) is 0 Å².